The summed E-state index contributed by atoms with van der Waals surface area (Å²) in [6.45, 7) is 3.70. The highest BCUT2D eigenvalue weighted by atomic mass is 32.2. The van der Waals surface area contributed by atoms with Crippen molar-refractivity contribution in [1.29, 1.82) is 0 Å². The van der Waals surface area contributed by atoms with Crippen LogP contribution in [0.15, 0.2) is 36.4 Å². The van der Waals surface area contributed by atoms with Crippen molar-refractivity contribution >= 4 is 16.3 Å². The van der Waals surface area contributed by atoms with Crippen molar-refractivity contribution in [3.63, 3.8) is 0 Å². The first-order valence-corrected chi connectivity index (χ1v) is 10.1. The highest BCUT2D eigenvalue weighted by Gasteiger charge is 2.23. The second kappa shape index (κ2) is 8.08. The predicted octanol–water partition coefficient (Wildman–Crippen LogP) is 2.36. The van der Waals surface area contributed by atoms with Gasteiger partial charge in [0.25, 0.3) is 0 Å². The number of nitrogens with zero attached hydrogens (tertiary/aromatic N) is 3. The van der Waals surface area contributed by atoms with Crippen LogP contribution in [0.25, 0.3) is 17.1 Å². The average Bonchev–Trinajstić information content (AvgIpc) is 3.03. The Labute approximate surface area is 172 Å². The first-order chi connectivity index (χ1) is 14.1. The summed E-state index contributed by atoms with van der Waals surface area (Å²) in [6, 6.07) is 8.99. The number of aromatic nitrogens is 3. The van der Waals surface area contributed by atoms with Crippen LogP contribution in [-0.2, 0) is 10.3 Å². The first-order valence-electron chi connectivity index (χ1n) is 8.67. The number of hydrogen-bond acceptors (Lipinski definition) is 8. The van der Waals surface area contributed by atoms with Gasteiger partial charge in [-0.05, 0) is 32.0 Å². The van der Waals surface area contributed by atoms with Crippen LogP contribution >= 0.6 is 0 Å². The van der Waals surface area contributed by atoms with Crippen molar-refractivity contribution in [3.05, 3.63) is 36.4 Å². The molecule has 3 aromatic rings. The Hall–Kier alpha value is -3.51. The number of methoxy groups -OCH3 is 1. The Morgan fingerprint density at radius 3 is 2.47 bits per heavy atom. The van der Waals surface area contributed by atoms with E-state index in [0.717, 1.165) is 6.07 Å². The lowest BCUT2D eigenvalue weighted by molar-refractivity contribution is 0.242. The second-order valence-corrected chi connectivity index (χ2v) is 7.62. The minimum absolute atomic E-state index is 0.0126. The van der Waals surface area contributed by atoms with Gasteiger partial charge in [-0.25, -0.2) is 4.72 Å². The molecule has 3 rings (SSSR count). The Bertz CT molecular complexity index is 1180. The highest BCUT2D eigenvalue weighted by molar-refractivity contribution is 7.87. The van der Waals surface area contributed by atoms with E-state index in [2.05, 4.69) is 10.2 Å². The Morgan fingerprint density at radius 2 is 1.83 bits per heavy atom. The number of rotatable bonds is 7. The van der Waals surface area contributed by atoms with Crippen LogP contribution in [0.3, 0.4) is 0 Å². The zero-order valence-corrected chi connectivity index (χ0v) is 17.1. The maximum absolute atomic E-state index is 11.4. The smallest absolute Gasteiger partial charge is 0.359 e. The molecule has 0 bridgehead atoms. The molecule has 0 amide bonds. The molecule has 30 heavy (non-hydrogen) atoms. The number of nitrogens with one attached hydrogen (secondary N) is 1. The van der Waals surface area contributed by atoms with Crippen LogP contribution in [-0.4, -0.2) is 51.2 Å². The van der Waals surface area contributed by atoms with Crippen molar-refractivity contribution in [3.8, 4) is 40.1 Å². The molecule has 11 nitrogen and oxygen atoms in total. The Balaban J connectivity index is 2.24. The van der Waals surface area contributed by atoms with Crippen molar-refractivity contribution < 1.29 is 32.7 Å². The van der Waals surface area contributed by atoms with Crippen LogP contribution in [0.1, 0.15) is 13.8 Å². The molecule has 0 aliphatic rings. The van der Waals surface area contributed by atoms with Gasteiger partial charge in [-0.2, -0.15) is 8.42 Å². The summed E-state index contributed by atoms with van der Waals surface area (Å²) in [5.41, 5.74) is 0.474. The van der Waals surface area contributed by atoms with E-state index in [1.54, 1.807) is 24.3 Å². The molecule has 0 unspecified atom stereocenters. The summed E-state index contributed by atoms with van der Waals surface area (Å²) in [5, 5.41) is 27.9. The molecule has 0 aliphatic carbocycles. The molecule has 0 fully saturated rings. The number of phenols is 2. The third kappa shape index (κ3) is 4.55. The topological polar surface area (TPSA) is 156 Å². The molecule has 12 heteroatoms. The monoisotopic (exact) mass is 436 g/mol. The van der Waals surface area contributed by atoms with Crippen molar-refractivity contribution in [2.45, 2.75) is 20.0 Å². The van der Waals surface area contributed by atoms with Gasteiger partial charge < -0.3 is 19.7 Å². The quantitative estimate of drug-likeness (QED) is 0.408. The molecule has 4 N–H and O–H groups in total. The summed E-state index contributed by atoms with van der Waals surface area (Å²) >= 11 is 0. The van der Waals surface area contributed by atoms with Crippen LogP contribution in [0.2, 0.25) is 0 Å². The van der Waals surface area contributed by atoms with E-state index in [9.17, 15) is 23.2 Å². The van der Waals surface area contributed by atoms with Gasteiger partial charge >= 0.3 is 10.3 Å². The normalized spacial score (nSPS) is 11.5. The van der Waals surface area contributed by atoms with Crippen LogP contribution < -0.4 is 14.2 Å². The molecular formula is C18H20N4O7S. The maximum Gasteiger partial charge on any atom is 0.359 e. The van der Waals surface area contributed by atoms with Crippen LogP contribution in [0.5, 0.6) is 23.0 Å². The molecule has 0 radical (unpaired) electrons. The number of phenolic OH excluding ortho intramolecular Hbond substituents is 2. The van der Waals surface area contributed by atoms with Gasteiger partial charge in [-0.15, -0.1) is 10.2 Å². The highest BCUT2D eigenvalue weighted by Crippen LogP contribution is 2.39. The minimum atomic E-state index is -4.67. The van der Waals surface area contributed by atoms with Crippen LogP contribution in [0.4, 0.5) is 5.95 Å². The SMILES string of the molecule is COc1cc(-c2nnc(NS(=O)(=O)O)n2-c2cccc(OC(C)C)c2)c(O)cc1O. The van der Waals surface area contributed by atoms with Gasteiger partial charge in [0.15, 0.2) is 17.3 Å². The van der Waals surface area contributed by atoms with E-state index < -0.39 is 10.3 Å². The number of aromatic hydroxyl groups is 2. The van der Waals surface area contributed by atoms with Gasteiger partial charge in [0.1, 0.15) is 11.5 Å². The van der Waals surface area contributed by atoms with Gasteiger partial charge in [-0.3, -0.25) is 9.12 Å². The molecule has 0 spiro atoms. The largest absolute Gasteiger partial charge is 0.507 e. The fourth-order valence-electron chi connectivity index (χ4n) is 2.75. The van der Waals surface area contributed by atoms with E-state index in [4.69, 9.17) is 9.47 Å². The number of hydrogen-bond donors (Lipinski definition) is 4. The molecule has 0 atom stereocenters. The van der Waals surface area contributed by atoms with Gasteiger partial charge in [0.05, 0.1) is 24.5 Å². The van der Waals surface area contributed by atoms with E-state index >= 15 is 0 Å². The molecule has 1 aromatic heterocycles. The van der Waals surface area contributed by atoms with Crippen molar-refractivity contribution in [2.75, 3.05) is 11.8 Å². The van der Waals surface area contributed by atoms with Crippen LogP contribution in [0, 0.1) is 0 Å². The third-order valence-electron chi connectivity index (χ3n) is 3.87. The van der Waals surface area contributed by atoms with Crippen molar-refractivity contribution in [2.24, 2.45) is 0 Å². The summed E-state index contributed by atoms with van der Waals surface area (Å²) in [5.74, 6) is -0.423. The third-order valence-corrected chi connectivity index (χ3v) is 4.31. The Kier molecular flexibility index (Phi) is 5.71. The molecule has 0 aliphatic heterocycles. The number of anilines is 1. The molecule has 160 valence electrons. The van der Waals surface area contributed by atoms with Gasteiger partial charge in [-0.1, -0.05) is 6.07 Å². The van der Waals surface area contributed by atoms with Gasteiger partial charge in [0.2, 0.25) is 5.95 Å². The summed E-state index contributed by atoms with van der Waals surface area (Å²) in [4.78, 5) is 0. The minimum Gasteiger partial charge on any atom is -0.507 e. The summed E-state index contributed by atoms with van der Waals surface area (Å²) < 4.78 is 45.9. The van der Waals surface area contributed by atoms with Gasteiger partial charge in [0, 0.05) is 12.1 Å². The zero-order chi connectivity index (χ0) is 22.1. The lowest BCUT2D eigenvalue weighted by atomic mass is 10.1. The number of benzene rings is 2. The molecule has 2 aromatic carbocycles. The zero-order valence-electron chi connectivity index (χ0n) is 16.3. The van der Waals surface area contributed by atoms with Crippen molar-refractivity contribution in [1.82, 2.24) is 14.8 Å². The molecule has 1 heterocycles. The molecular weight excluding hydrogens is 416 g/mol. The standard InChI is InChI=1S/C18H20N4O7S/c1-10(2)29-12-6-4-5-11(7-12)22-17(19-20-18(22)21-30(25,26)27)13-8-16(28-3)15(24)9-14(13)23/h4-10,23-24H,1-3H3,(H,20,21)(H,25,26,27). The Morgan fingerprint density at radius 1 is 1.10 bits per heavy atom. The second-order valence-electron chi connectivity index (χ2n) is 6.46. The summed E-state index contributed by atoms with van der Waals surface area (Å²) in [7, 11) is -3.34. The van der Waals surface area contributed by atoms with E-state index in [1.807, 2.05) is 18.6 Å². The average molecular weight is 436 g/mol. The fourth-order valence-corrected chi connectivity index (χ4v) is 3.12. The maximum atomic E-state index is 11.4. The molecule has 0 saturated carbocycles. The predicted molar refractivity (Wildman–Crippen MR) is 108 cm³/mol. The lowest BCUT2D eigenvalue weighted by Gasteiger charge is -2.15. The van der Waals surface area contributed by atoms with E-state index in [1.165, 1.54) is 17.7 Å². The fraction of sp³-hybridized carbons (Fsp3) is 0.222. The summed E-state index contributed by atoms with van der Waals surface area (Å²) in [6.07, 6.45) is -0.110. The molecule has 0 saturated heterocycles. The number of ether oxygens (including phenoxy) is 2. The lowest BCUT2D eigenvalue weighted by Crippen LogP contribution is -2.15. The van der Waals surface area contributed by atoms with E-state index in [-0.39, 0.29) is 40.7 Å². The first kappa shape index (κ1) is 21.2. The van der Waals surface area contributed by atoms with E-state index in [0.29, 0.717) is 11.4 Å².